The molecule has 0 heterocycles. The van der Waals surface area contributed by atoms with Gasteiger partial charge in [0.25, 0.3) is 0 Å². The Morgan fingerprint density at radius 1 is 1.40 bits per heavy atom. The highest BCUT2D eigenvalue weighted by molar-refractivity contribution is 5.82. The fourth-order valence-corrected chi connectivity index (χ4v) is 0.905. The number of Topliss-reactive ketones (excluding diaryl/α,β-unsaturated/α-hetero) is 1. The number of hydrogen-bond acceptors (Lipinski definition) is 2. The first-order chi connectivity index (χ1) is 4.59. The summed E-state index contributed by atoms with van der Waals surface area (Å²) in [6, 6.07) is 0. The lowest BCUT2D eigenvalue weighted by Gasteiger charge is -2.10. The molecule has 2 nitrogen and oxygen atoms in total. The number of ketones is 1. The highest BCUT2D eigenvalue weighted by Crippen LogP contribution is 2.08. The predicted molar refractivity (Wildman–Crippen MR) is 40.7 cm³/mol. The normalized spacial score (nSPS) is 13.7. The molecule has 2 heteroatoms. The maximum absolute atomic E-state index is 11.1. The predicted octanol–water partition coefficient (Wildman–Crippen LogP) is 1.23. The molecule has 0 radical (unpaired) electrons. The van der Waals surface area contributed by atoms with E-state index in [9.17, 15) is 4.79 Å². The second-order valence-electron chi connectivity index (χ2n) is 2.97. The van der Waals surface area contributed by atoms with Crippen LogP contribution in [0, 0.1) is 11.8 Å². The van der Waals surface area contributed by atoms with Crippen LogP contribution in [0.5, 0.6) is 0 Å². The van der Waals surface area contributed by atoms with Gasteiger partial charge in [0.05, 0.1) is 0 Å². The summed E-state index contributed by atoms with van der Waals surface area (Å²) in [5.41, 5.74) is 0. The van der Waals surface area contributed by atoms with Gasteiger partial charge in [0.1, 0.15) is 5.78 Å². The van der Waals surface area contributed by atoms with Crippen LogP contribution >= 0.6 is 0 Å². The number of carbonyl (C=O) groups is 1. The van der Waals surface area contributed by atoms with Crippen molar-refractivity contribution in [3.63, 3.8) is 0 Å². The molecule has 0 aliphatic heterocycles. The molecule has 1 N–H and O–H groups in total. The first-order valence-electron chi connectivity index (χ1n) is 3.74. The summed E-state index contributed by atoms with van der Waals surface area (Å²) in [6.45, 7) is 5.74. The standard InChI is InChI=1S/C8H16O2/c1-6(2)8(10)7(3)4-5-9/h6-7,9H,4-5H2,1-3H3. The van der Waals surface area contributed by atoms with E-state index in [4.69, 9.17) is 5.11 Å². The van der Waals surface area contributed by atoms with E-state index in [0.29, 0.717) is 6.42 Å². The quantitative estimate of drug-likeness (QED) is 0.644. The Balaban J connectivity index is 3.71. The Morgan fingerprint density at radius 2 is 1.90 bits per heavy atom. The van der Waals surface area contributed by atoms with E-state index in [1.54, 1.807) is 0 Å². The maximum Gasteiger partial charge on any atom is 0.138 e. The van der Waals surface area contributed by atoms with Crippen LogP contribution in [0.15, 0.2) is 0 Å². The lowest BCUT2D eigenvalue weighted by Crippen LogP contribution is -2.17. The second-order valence-corrected chi connectivity index (χ2v) is 2.97. The summed E-state index contributed by atoms with van der Waals surface area (Å²) in [5, 5.41) is 8.52. The van der Waals surface area contributed by atoms with Crippen LogP contribution < -0.4 is 0 Å². The van der Waals surface area contributed by atoms with Crippen molar-refractivity contribution in [3.8, 4) is 0 Å². The number of hydrogen-bond donors (Lipinski definition) is 1. The molecule has 1 unspecified atom stereocenters. The third-order valence-electron chi connectivity index (χ3n) is 1.62. The molecule has 0 rings (SSSR count). The summed E-state index contributed by atoms with van der Waals surface area (Å²) in [6.07, 6.45) is 0.594. The summed E-state index contributed by atoms with van der Waals surface area (Å²) in [7, 11) is 0. The molecule has 0 aromatic heterocycles. The lowest BCUT2D eigenvalue weighted by molar-refractivity contribution is -0.125. The number of aliphatic hydroxyl groups excluding tert-OH is 1. The van der Waals surface area contributed by atoms with E-state index in [-0.39, 0.29) is 24.2 Å². The minimum atomic E-state index is 0.0185. The van der Waals surface area contributed by atoms with E-state index < -0.39 is 0 Å². The molecule has 0 aromatic carbocycles. The molecular weight excluding hydrogens is 128 g/mol. The van der Waals surface area contributed by atoms with Crippen molar-refractivity contribution in [2.45, 2.75) is 27.2 Å². The van der Waals surface area contributed by atoms with Gasteiger partial charge in [-0.05, 0) is 6.42 Å². The first-order valence-corrected chi connectivity index (χ1v) is 3.74. The van der Waals surface area contributed by atoms with Crippen molar-refractivity contribution in [1.82, 2.24) is 0 Å². The smallest absolute Gasteiger partial charge is 0.138 e. The average molecular weight is 144 g/mol. The van der Waals surface area contributed by atoms with E-state index in [1.807, 2.05) is 20.8 Å². The zero-order valence-corrected chi connectivity index (χ0v) is 6.92. The van der Waals surface area contributed by atoms with Gasteiger partial charge in [0, 0.05) is 18.4 Å². The van der Waals surface area contributed by atoms with Crippen molar-refractivity contribution in [1.29, 1.82) is 0 Å². The SMILES string of the molecule is CC(C)C(=O)C(C)CCO. The van der Waals surface area contributed by atoms with Gasteiger partial charge in [0.2, 0.25) is 0 Å². The monoisotopic (exact) mass is 144 g/mol. The zero-order chi connectivity index (χ0) is 8.15. The Bertz CT molecular complexity index is 108. The molecule has 0 aliphatic rings. The summed E-state index contributed by atoms with van der Waals surface area (Å²) in [5.74, 6) is 0.362. The molecule has 60 valence electrons. The zero-order valence-electron chi connectivity index (χ0n) is 6.92. The van der Waals surface area contributed by atoms with E-state index in [1.165, 1.54) is 0 Å². The van der Waals surface area contributed by atoms with Gasteiger partial charge in [-0.1, -0.05) is 20.8 Å². The Labute approximate surface area is 62.2 Å². The number of rotatable bonds is 4. The topological polar surface area (TPSA) is 37.3 Å². The van der Waals surface area contributed by atoms with Crippen LogP contribution in [0.2, 0.25) is 0 Å². The third kappa shape index (κ3) is 2.97. The van der Waals surface area contributed by atoms with Crippen LogP contribution in [0.4, 0.5) is 0 Å². The van der Waals surface area contributed by atoms with Gasteiger partial charge < -0.3 is 5.11 Å². The third-order valence-corrected chi connectivity index (χ3v) is 1.62. The number of aliphatic hydroxyl groups is 1. The van der Waals surface area contributed by atoms with Gasteiger partial charge in [-0.2, -0.15) is 0 Å². The van der Waals surface area contributed by atoms with Gasteiger partial charge in [-0.25, -0.2) is 0 Å². The fourth-order valence-electron chi connectivity index (χ4n) is 0.905. The molecule has 0 saturated heterocycles. The second kappa shape index (κ2) is 4.45. The Morgan fingerprint density at radius 3 is 2.20 bits per heavy atom. The van der Waals surface area contributed by atoms with Gasteiger partial charge >= 0.3 is 0 Å². The van der Waals surface area contributed by atoms with Crippen LogP contribution in [0.25, 0.3) is 0 Å². The molecule has 1 atom stereocenters. The van der Waals surface area contributed by atoms with Gasteiger partial charge in [-0.3, -0.25) is 4.79 Å². The van der Waals surface area contributed by atoms with Crippen molar-refractivity contribution >= 4 is 5.78 Å². The van der Waals surface area contributed by atoms with Crippen molar-refractivity contribution in [2.24, 2.45) is 11.8 Å². The molecule has 0 bridgehead atoms. The molecule has 0 amide bonds. The molecule has 0 spiro atoms. The van der Waals surface area contributed by atoms with Crippen molar-refractivity contribution < 1.29 is 9.90 Å². The van der Waals surface area contributed by atoms with Crippen LogP contribution in [-0.4, -0.2) is 17.5 Å². The summed E-state index contributed by atoms with van der Waals surface area (Å²) < 4.78 is 0. The van der Waals surface area contributed by atoms with Crippen LogP contribution in [0.3, 0.4) is 0 Å². The molecule has 10 heavy (non-hydrogen) atoms. The van der Waals surface area contributed by atoms with Crippen LogP contribution in [-0.2, 0) is 4.79 Å². The minimum Gasteiger partial charge on any atom is -0.396 e. The van der Waals surface area contributed by atoms with E-state index in [0.717, 1.165) is 0 Å². The number of carbonyl (C=O) groups excluding carboxylic acids is 1. The van der Waals surface area contributed by atoms with E-state index in [2.05, 4.69) is 0 Å². The molecule has 0 aromatic rings. The Hall–Kier alpha value is -0.370. The van der Waals surface area contributed by atoms with Gasteiger partial charge in [-0.15, -0.1) is 0 Å². The molecule has 0 saturated carbocycles. The fraction of sp³-hybridized carbons (Fsp3) is 0.875. The maximum atomic E-state index is 11.1. The lowest BCUT2D eigenvalue weighted by atomic mass is 9.95. The minimum absolute atomic E-state index is 0.0185. The summed E-state index contributed by atoms with van der Waals surface area (Å²) in [4.78, 5) is 11.1. The van der Waals surface area contributed by atoms with Crippen LogP contribution in [0.1, 0.15) is 27.2 Å². The van der Waals surface area contributed by atoms with Gasteiger partial charge in [0.15, 0.2) is 0 Å². The van der Waals surface area contributed by atoms with Crippen molar-refractivity contribution in [2.75, 3.05) is 6.61 Å². The molecule has 0 aliphatic carbocycles. The highest BCUT2D eigenvalue weighted by atomic mass is 16.3. The Kier molecular flexibility index (Phi) is 4.28. The molecule has 0 fully saturated rings. The summed E-state index contributed by atoms with van der Waals surface area (Å²) >= 11 is 0. The van der Waals surface area contributed by atoms with E-state index >= 15 is 0 Å². The van der Waals surface area contributed by atoms with Crippen molar-refractivity contribution in [3.05, 3.63) is 0 Å². The first kappa shape index (κ1) is 9.63. The largest absolute Gasteiger partial charge is 0.396 e. The average Bonchev–Trinajstić information content (AvgIpc) is 1.87. The highest BCUT2D eigenvalue weighted by Gasteiger charge is 2.14. The molecular formula is C8H16O2.